The predicted molar refractivity (Wildman–Crippen MR) is 106 cm³/mol. The third-order valence-electron chi connectivity index (χ3n) is 3.84. The summed E-state index contributed by atoms with van der Waals surface area (Å²) in [7, 11) is 0. The molecule has 0 radical (unpaired) electrons. The molecule has 2 amide bonds. The van der Waals surface area contributed by atoms with Crippen LogP contribution in [0.15, 0.2) is 78.9 Å². The van der Waals surface area contributed by atoms with Crippen LogP contribution in [-0.4, -0.2) is 12.0 Å². The van der Waals surface area contributed by atoms with Gasteiger partial charge in [0.05, 0.1) is 17.2 Å². The van der Waals surface area contributed by atoms with Gasteiger partial charge >= 0.3 is 12.0 Å². The van der Waals surface area contributed by atoms with Crippen molar-refractivity contribution in [2.24, 2.45) is 0 Å². The molecule has 3 aromatic carbocycles. The lowest BCUT2D eigenvalue weighted by Gasteiger charge is -2.09. The van der Waals surface area contributed by atoms with Crippen molar-refractivity contribution in [3.05, 3.63) is 95.6 Å². The summed E-state index contributed by atoms with van der Waals surface area (Å²) in [6, 6.07) is 24.0. The summed E-state index contributed by atoms with van der Waals surface area (Å²) in [5.41, 5.74) is 2.85. The summed E-state index contributed by atoms with van der Waals surface area (Å²) in [6.07, 6.45) is 0. The largest absolute Gasteiger partial charge is 0.457 e. The number of nitriles is 1. The summed E-state index contributed by atoms with van der Waals surface area (Å²) in [4.78, 5) is 24.1. The van der Waals surface area contributed by atoms with Crippen molar-refractivity contribution in [1.29, 1.82) is 5.26 Å². The van der Waals surface area contributed by atoms with Gasteiger partial charge in [-0.2, -0.15) is 5.26 Å². The lowest BCUT2D eigenvalue weighted by Crippen LogP contribution is -2.19. The number of carbonyl (C=O) groups is 2. The zero-order valence-corrected chi connectivity index (χ0v) is 14.9. The van der Waals surface area contributed by atoms with Gasteiger partial charge in [-0.05, 0) is 54.1 Å². The first kappa shape index (κ1) is 18.7. The number of carbonyl (C=O) groups excluding carboxylic acids is 2. The molecule has 28 heavy (non-hydrogen) atoms. The first-order chi connectivity index (χ1) is 13.6. The maximum atomic E-state index is 12.2. The maximum Gasteiger partial charge on any atom is 0.338 e. The van der Waals surface area contributed by atoms with Gasteiger partial charge in [-0.1, -0.05) is 30.3 Å². The minimum atomic E-state index is -0.484. The van der Waals surface area contributed by atoms with Gasteiger partial charge in [0.2, 0.25) is 0 Å². The van der Waals surface area contributed by atoms with E-state index in [1.54, 1.807) is 60.7 Å². The minimum absolute atomic E-state index is 0.0772. The second-order valence-corrected chi connectivity index (χ2v) is 5.91. The number of hydrogen-bond acceptors (Lipinski definition) is 4. The molecule has 0 spiro atoms. The Morgan fingerprint density at radius 3 is 2.21 bits per heavy atom. The molecule has 0 heterocycles. The molecular formula is C22H17N3O3. The first-order valence-corrected chi connectivity index (χ1v) is 8.53. The standard InChI is InChI=1S/C22H17N3O3/c23-14-16-5-4-6-17(13-16)15-28-21(26)18-9-11-20(12-10-18)25-22(27)24-19-7-2-1-3-8-19/h1-13H,15H2,(H2,24,25,27). The molecule has 0 fully saturated rings. The highest BCUT2D eigenvalue weighted by Gasteiger charge is 2.09. The summed E-state index contributed by atoms with van der Waals surface area (Å²) in [5.74, 6) is -0.484. The smallest absolute Gasteiger partial charge is 0.338 e. The number of benzene rings is 3. The molecule has 3 aromatic rings. The molecule has 0 aliphatic carbocycles. The number of esters is 1. The van der Waals surface area contributed by atoms with Crippen molar-refractivity contribution in [3.8, 4) is 6.07 Å². The first-order valence-electron chi connectivity index (χ1n) is 8.53. The SMILES string of the molecule is N#Cc1cccc(COC(=O)c2ccc(NC(=O)Nc3ccccc3)cc2)c1. The van der Waals surface area contributed by atoms with Crippen LogP contribution in [0.4, 0.5) is 16.2 Å². The Bertz CT molecular complexity index is 1010. The molecule has 6 nitrogen and oxygen atoms in total. The van der Waals surface area contributed by atoms with E-state index in [0.717, 1.165) is 5.56 Å². The monoisotopic (exact) mass is 371 g/mol. The molecule has 0 atom stereocenters. The molecule has 0 aliphatic heterocycles. The average molecular weight is 371 g/mol. The van der Waals surface area contributed by atoms with E-state index in [9.17, 15) is 9.59 Å². The molecule has 2 N–H and O–H groups in total. The molecule has 0 saturated carbocycles. The number of urea groups is 1. The van der Waals surface area contributed by atoms with E-state index < -0.39 is 5.97 Å². The van der Waals surface area contributed by atoms with E-state index in [4.69, 9.17) is 10.00 Å². The molecule has 0 unspecified atom stereocenters. The van der Waals surface area contributed by atoms with Crippen molar-refractivity contribution < 1.29 is 14.3 Å². The Labute approximate surface area is 162 Å². The van der Waals surface area contributed by atoms with Crippen LogP contribution >= 0.6 is 0 Å². The Hall–Kier alpha value is -4.11. The second kappa shape index (κ2) is 9.01. The van der Waals surface area contributed by atoms with E-state index in [1.807, 2.05) is 24.3 Å². The molecule has 0 aliphatic rings. The number of rotatable bonds is 5. The van der Waals surface area contributed by atoms with Gasteiger partial charge in [0, 0.05) is 11.4 Å². The van der Waals surface area contributed by atoms with Gasteiger partial charge in [-0.3, -0.25) is 0 Å². The summed E-state index contributed by atoms with van der Waals surface area (Å²) >= 11 is 0. The van der Waals surface area contributed by atoms with Crippen LogP contribution in [0.5, 0.6) is 0 Å². The number of anilines is 2. The van der Waals surface area contributed by atoms with Crippen LogP contribution in [0.25, 0.3) is 0 Å². The van der Waals surface area contributed by atoms with E-state index in [-0.39, 0.29) is 12.6 Å². The van der Waals surface area contributed by atoms with Crippen LogP contribution in [-0.2, 0) is 11.3 Å². The number of para-hydroxylation sites is 1. The lowest BCUT2D eigenvalue weighted by atomic mass is 10.1. The Morgan fingerprint density at radius 1 is 0.857 bits per heavy atom. The summed E-state index contributed by atoms with van der Waals surface area (Å²) in [5, 5.41) is 14.3. The topological polar surface area (TPSA) is 91.2 Å². The van der Waals surface area contributed by atoms with Gasteiger partial charge in [0.25, 0.3) is 0 Å². The Balaban J connectivity index is 1.53. The molecule has 3 rings (SSSR count). The van der Waals surface area contributed by atoms with Crippen LogP contribution < -0.4 is 10.6 Å². The molecular weight excluding hydrogens is 354 g/mol. The Morgan fingerprint density at radius 2 is 1.54 bits per heavy atom. The maximum absolute atomic E-state index is 12.2. The molecule has 138 valence electrons. The van der Waals surface area contributed by atoms with E-state index in [1.165, 1.54) is 0 Å². The number of nitrogens with zero attached hydrogens (tertiary/aromatic N) is 1. The van der Waals surface area contributed by atoms with Gasteiger partial charge in [-0.25, -0.2) is 9.59 Å². The highest BCUT2D eigenvalue weighted by Crippen LogP contribution is 2.13. The number of amides is 2. The van der Waals surface area contributed by atoms with Gasteiger partial charge in [0.15, 0.2) is 0 Å². The Kier molecular flexibility index (Phi) is 6.01. The molecule has 6 heteroatoms. The fourth-order valence-electron chi connectivity index (χ4n) is 2.47. The van der Waals surface area contributed by atoms with Gasteiger partial charge < -0.3 is 15.4 Å². The van der Waals surface area contributed by atoms with Crippen molar-refractivity contribution in [1.82, 2.24) is 0 Å². The number of ether oxygens (including phenoxy) is 1. The molecule has 0 bridgehead atoms. The predicted octanol–water partition coefficient (Wildman–Crippen LogP) is 4.56. The summed E-state index contributed by atoms with van der Waals surface area (Å²) < 4.78 is 5.27. The lowest BCUT2D eigenvalue weighted by molar-refractivity contribution is 0.0472. The van der Waals surface area contributed by atoms with E-state index >= 15 is 0 Å². The van der Waals surface area contributed by atoms with Crippen molar-refractivity contribution >= 4 is 23.4 Å². The van der Waals surface area contributed by atoms with Crippen LogP contribution in [0.2, 0.25) is 0 Å². The highest BCUT2D eigenvalue weighted by molar-refractivity contribution is 6.00. The molecule has 0 aromatic heterocycles. The van der Waals surface area contributed by atoms with Gasteiger partial charge in [0.1, 0.15) is 6.61 Å². The third kappa shape index (κ3) is 5.19. The van der Waals surface area contributed by atoms with Crippen molar-refractivity contribution in [2.75, 3.05) is 10.6 Å². The van der Waals surface area contributed by atoms with E-state index in [2.05, 4.69) is 10.6 Å². The second-order valence-electron chi connectivity index (χ2n) is 5.91. The third-order valence-corrected chi connectivity index (χ3v) is 3.84. The fourth-order valence-corrected chi connectivity index (χ4v) is 2.47. The minimum Gasteiger partial charge on any atom is -0.457 e. The molecule has 0 saturated heterocycles. The zero-order chi connectivity index (χ0) is 19.8. The van der Waals surface area contributed by atoms with E-state index in [0.29, 0.717) is 22.5 Å². The summed E-state index contributed by atoms with van der Waals surface area (Å²) in [6.45, 7) is 0.0772. The van der Waals surface area contributed by atoms with Crippen molar-refractivity contribution in [3.63, 3.8) is 0 Å². The van der Waals surface area contributed by atoms with Gasteiger partial charge in [-0.15, -0.1) is 0 Å². The number of hydrogen-bond donors (Lipinski definition) is 2. The van der Waals surface area contributed by atoms with Crippen LogP contribution in [0.3, 0.4) is 0 Å². The number of nitrogens with one attached hydrogen (secondary N) is 2. The van der Waals surface area contributed by atoms with Crippen LogP contribution in [0.1, 0.15) is 21.5 Å². The normalized spacial score (nSPS) is 9.82. The average Bonchev–Trinajstić information content (AvgIpc) is 2.73. The van der Waals surface area contributed by atoms with Crippen molar-refractivity contribution in [2.45, 2.75) is 6.61 Å². The fraction of sp³-hybridized carbons (Fsp3) is 0.0455. The highest BCUT2D eigenvalue weighted by atomic mass is 16.5. The quantitative estimate of drug-likeness (QED) is 0.643. The zero-order valence-electron chi connectivity index (χ0n) is 14.9. The van der Waals surface area contributed by atoms with Crippen LogP contribution in [0, 0.1) is 11.3 Å².